The number of halogens is 1. The molecule has 1 N–H and O–H groups in total. The third-order valence-corrected chi connectivity index (χ3v) is 18.9. The van der Waals surface area contributed by atoms with Crippen LogP contribution in [0, 0.1) is 11.8 Å². The van der Waals surface area contributed by atoms with E-state index in [1.807, 2.05) is 61.5 Å². The average Bonchev–Trinajstić information content (AvgIpc) is 1.09. The zero-order chi connectivity index (χ0) is 64.0. The van der Waals surface area contributed by atoms with E-state index >= 15 is 0 Å². The van der Waals surface area contributed by atoms with Gasteiger partial charge in [-0.25, -0.2) is 4.79 Å². The minimum absolute atomic E-state index is 0. The number of piperidine rings is 2. The van der Waals surface area contributed by atoms with Crippen LogP contribution in [0.25, 0.3) is 0 Å². The molecule has 508 valence electrons. The van der Waals surface area contributed by atoms with Crippen LogP contribution in [0.3, 0.4) is 0 Å². The summed E-state index contributed by atoms with van der Waals surface area (Å²) in [4.78, 5) is 78.4. The highest BCUT2D eigenvalue weighted by Crippen LogP contribution is 2.37. The first-order valence-electron chi connectivity index (χ1n) is 34.4. The molecule has 2 saturated heterocycles. The summed E-state index contributed by atoms with van der Waals surface area (Å²) in [6.07, 6.45) is 24.5. The number of hydrogen-bond acceptors (Lipinski definition) is 13. The number of methoxy groups -OCH3 is 4. The topological polar surface area (TPSA) is 178 Å². The highest BCUT2D eigenvalue weighted by molar-refractivity contribution is 5.96. The lowest BCUT2D eigenvalue weighted by atomic mass is 9.86. The van der Waals surface area contributed by atoms with Gasteiger partial charge in [-0.05, 0) is 187 Å². The van der Waals surface area contributed by atoms with E-state index in [1.54, 1.807) is 52.7 Å². The second kappa shape index (κ2) is 37.0. The van der Waals surface area contributed by atoms with E-state index in [0.29, 0.717) is 129 Å². The Morgan fingerprint density at radius 1 is 0.544 bits per heavy atom. The molecule has 2 aromatic carbocycles. The number of rotatable bonds is 30. The van der Waals surface area contributed by atoms with Gasteiger partial charge in [-0.15, -0.1) is 12.4 Å². The fourth-order valence-corrected chi connectivity index (χ4v) is 13.9. The van der Waals surface area contributed by atoms with Gasteiger partial charge in [-0.2, -0.15) is 0 Å². The molecule has 8 rings (SSSR count). The van der Waals surface area contributed by atoms with Crippen molar-refractivity contribution in [3.05, 3.63) is 47.5 Å². The lowest BCUT2D eigenvalue weighted by Gasteiger charge is -2.45. The van der Waals surface area contributed by atoms with Gasteiger partial charge in [0.25, 0.3) is 11.8 Å². The van der Waals surface area contributed by atoms with Crippen molar-refractivity contribution in [3.8, 4) is 23.0 Å². The molecule has 0 aromatic heterocycles. The van der Waals surface area contributed by atoms with Gasteiger partial charge in [0.2, 0.25) is 11.8 Å². The standard InChI is InChI=1S/C38H61N3O7.C33H53N3O5.ClH/c1-27(2)41(36(43)29-14-19-33(46-7)34(25-29)47-23-11-22-45-6)32-18-17-31(40(26-32)37(44)48-38(3,4)5)20-21-39(30-15-16-30)35(42)24-28-12-9-8-10-13-28;1-24(2)36(33(38)26-11-16-30(40-4)31(22-26)41-20-8-19-39-3)29-13-12-27(34-23-29)17-18-35(28-14-15-28)32(37)21-25-9-6-5-7-10-25;/h14,19,25,27-28,30-32H,8-13,15-18,20-24,26H2,1-7H3;11,16,22,24-25,27-29,34H,5-10,12-15,17-21,23H2,1-4H3;1H/t31-,32-;27-,29-;/m11./s1. The molecule has 5 amide bonds. The smallest absolute Gasteiger partial charge is 0.410 e. The summed E-state index contributed by atoms with van der Waals surface area (Å²) >= 11 is 0. The molecule has 2 heterocycles. The fourth-order valence-electron chi connectivity index (χ4n) is 13.9. The molecule has 0 radical (unpaired) electrons. The number of benzene rings is 2. The maximum Gasteiger partial charge on any atom is 0.410 e. The molecule has 19 heteroatoms. The second-order valence-electron chi connectivity index (χ2n) is 27.7. The Kier molecular flexibility index (Phi) is 30.4. The molecule has 4 saturated carbocycles. The Bertz CT molecular complexity index is 2520. The summed E-state index contributed by atoms with van der Waals surface area (Å²) in [5, 5.41) is 3.73. The molecule has 18 nitrogen and oxygen atoms in total. The van der Waals surface area contributed by atoms with Crippen LogP contribution in [0.15, 0.2) is 36.4 Å². The van der Waals surface area contributed by atoms with Gasteiger partial charge in [-0.1, -0.05) is 38.5 Å². The predicted molar refractivity (Wildman–Crippen MR) is 355 cm³/mol. The van der Waals surface area contributed by atoms with E-state index in [9.17, 15) is 24.0 Å². The van der Waals surface area contributed by atoms with E-state index < -0.39 is 5.60 Å². The second-order valence-corrected chi connectivity index (χ2v) is 27.7. The normalized spacial score (nSPS) is 20.7. The van der Waals surface area contributed by atoms with Crippen LogP contribution in [0.5, 0.6) is 23.0 Å². The van der Waals surface area contributed by atoms with Crippen molar-refractivity contribution in [2.45, 2.75) is 257 Å². The molecular weight excluding hydrogens is 1160 g/mol. The Labute approximate surface area is 546 Å². The van der Waals surface area contributed by atoms with Gasteiger partial charge < -0.3 is 63.0 Å². The van der Waals surface area contributed by atoms with Crippen LogP contribution in [0.4, 0.5) is 4.79 Å². The van der Waals surface area contributed by atoms with Gasteiger partial charge in [0.05, 0.1) is 33.5 Å². The molecule has 4 atom stereocenters. The Morgan fingerprint density at radius 3 is 1.40 bits per heavy atom. The van der Waals surface area contributed by atoms with Crippen molar-refractivity contribution in [2.75, 3.05) is 81.0 Å². The summed E-state index contributed by atoms with van der Waals surface area (Å²) in [7, 11) is 6.52. The lowest BCUT2D eigenvalue weighted by molar-refractivity contribution is -0.134. The number of amides is 5. The van der Waals surface area contributed by atoms with Gasteiger partial charge in [0.1, 0.15) is 5.60 Å². The SMILES string of the molecule is COCCCOc1cc(C(=O)N(C(C)C)[C@@H]2CC[C@H](CCN(C(=O)CC3CCCCC3)C3CC3)N(C(=O)OC(C)(C)C)C2)ccc1OC.COCCCOc1cc(C(=O)N(C(C)C)[C@@H]2CC[C@H](CCN(C(=O)CC3CCCCC3)C3CC3)NC2)ccc1OC.Cl. The summed E-state index contributed by atoms with van der Waals surface area (Å²) in [5.41, 5.74) is 0.467. The fraction of sp³-hybridized carbons (Fsp3) is 0.761. The van der Waals surface area contributed by atoms with Gasteiger partial charge >= 0.3 is 6.09 Å². The maximum absolute atomic E-state index is 14.2. The van der Waals surface area contributed by atoms with Crippen LogP contribution >= 0.6 is 12.4 Å². The van der Waals surface area contributed by atoms with Gasteiger partial charge in [0, 0.05) is 133 Å². The Hall–Kier alpha value is -5.04. The number of nitrogens with zero attached hydrogens (tertiary/aromatic N) is 5. The van der Waals surface area contributed by atoms with E-state index in [4.69, 9.17) is 33.2 Å². The number of hydrogen-bond donors (Lipinski definition) is 1. The number of nitrogens with one attached hydrogen (secondary N) is 1. The highest BCUT2D eigenvalue weighted by Gasteiger charge is 2.42. The molecule has 6 aliphatic rings. The zero-order valence-corrected chi connectivity index (χ0v) is 57.7. The van der Waals surface area contributed by atoms with Crippen molar-refractivity contribution in [1.29, 1.82) is 0 Å². The number of carbonyl (C=O) groups is 5. The van der Waals surface area contributed by atoms with Crippen molar-refractivity contribution in [1.82, 2.24) is 29.8 Å². The third kappa shape index (κ3) is 22.6. The van der Waals surface area contributed by atoms with Crippen molar-refractivity contribution >= 4 is 42.1 Å². The molecule has 0 unspecified atom stereocenters. The van der Waals surface area contributed by atoms with Crippen LogP contribution in [0.2, 0.25) is 0 Å². The number of likely N-dealkylation sites (tertiary alicyclic amines) is 1. The molecule has 2 aliphatic heterocycles. The molecule has 6 fully saturated rings. The summed E-state index contributed by atoms with van der Waals surface area (Å²) in [6, 6.07) is 11.7. The average molecular weight is 1280 g/mol. The monoisotopic (exact) mass is 1280 g/mol. The van der Waals surface area contributed by atoms with Crippen LogP contribution < -0.4 is 24.3 Å². The molecule has 4 aliphatic carbocycles. The molecular formula is C71H115ClN6O12. The largest absolute Gasteiger partial charge is 0.493 e. The summed E-state index contributed by atoms with van der Waals surface area (Å²) in [5.74, 6) is 3.94. The highest BCUT2D eigenvalue weighted by atomic mass is 35.5. The first kappa shape index (κ1) is 74.0. The minimum atomic E-state index is -0.652. The van der Waals surface area contributed by atoms with Gasteiger partial charge in [-0.3, -0.25) is 19.2 Å². The van der Waals surface area contributed by atoms with Crippen molar-refractivity contribution in [2.24, 2.45) is 11.8 Å². The third-order valence-electron chi connectivity index (χ3n) is 18.9. The first-order chi connectivity index (χ1) is 42.8. The maximum atomic E-state index is 14.2. The van der Waals surface area contributed by atoms with Crippen molar-refractivity contribution in [3.63, 3.8) is 0 Å². The quantitative estimate of drug-likeness (QED) is 0.0731. The molecule has 0 bridgehead atoms. The zero-order valence-electron chi connectivity index (χ0n) is 56.9. The lowest BCUT2D eigenvalue weighted by Crippen LogP contribution is -2.58. The Morgan fingerprint density at radius 2 is 0.989 bits per heavy atom. The molecule has 2 aromatic rings. The van der Waals surface area contributed by atoms with E-state index in [1.165, 1.54) is 51.4 Å². The van der Waals surface area contributed by atoms with Gasteiger partial charge in [0.15, 0.2) is 23.0 Å². The minimum Gasteiger partial charge on any atom is -0.493 e. The van der Waals surface area contributed by atoms with Crippen LogP contribution in [-0.4, -0.2) is 189 Å². The van der Waals surface area contributed by atoms with Crippen LogP contribution in [-0.2, 0) is 23.8 Å². The summed E-state index contributed by atoms with van der Waals surface area (Å²) < 4.78 is 39.0. The predicted octanol–water partition coefficient (Wildman–Crippen LogP) is 12.9. The molecule has 90 heavy (non-hydrogen) atoms. The Balaban J connectivity index is 0.000000287. The van der Waals surface area contributed by atoms with E-state index in [2.05, 4.69) is 29.0 Å². The number of ether oxygens (including phenoxy) is 7. The number of carbonyl (C=O) groups excluding carboxylic acids is 5. The molecule has 0 spiro atoms. The van der Waals surface area contributed by atoms with Crippen LogP contribution in [0.1, 0.15) is 223 Å². The first-order valence-corrected chi connectivity index (χ1v) is 34.4. The van der Waals surface area contributed by atoms with E-state index in [-0.39, 0.29) is 66.4 Å². The van der Waals surface area contributed by atoms with Crippen molar-refractivity contribution < 1.29 is 57.1 Å². The van der Waals surface area contributed by atoms with E-state index in [0.717, 1.165) is 96.6 Å². The summed E-state index contributed by atoms with van der Waals surface area (Å²) in [6.45, 7) is 18.6.